The van der Waals surface area contributed by atoms with Crippen molar-refractivity contribution in [1.82, 2.24) is 16.0 Å². The molecular formula is C98H74Br2ClN11O10. The average Bonchev–Trinajstić information content (AvgIpc) is 1.58. The Morgan fingerprint density at radius 1 is 0.344 bits per heavy atom. The van der Waals surface area contributed by atoms with E-state index in [-0.39, 0.29) is 77.3 Å². The summed E-state index contributed by atoms with van der Waals surface area (Å²) in [6.45, 7) is 0. The quantitative estimate of drug-likeness (QED) is 0.0292. The Hall–Kier alpha value is -14.5. The fraction of sp³-hybridized carbons (Fsp3) is 0.0918. The smallest absolute Gasteiger partial charge is 0.259 e. The second kappa shape index (κ2) is 36.4. The number of carbonyl (C=O) groups is 10. The standard InChI is InChI=1S/C29H21N3O3.C24H16N2O.C16H13N3O3.C13H11N.C11H6BrNO.C5H6BrNO2.ClH/c33-25-17-16-24(28(34)31-25)32-23-15-14-22(20-12-7-13-21(26(20)23)29(32)35)30-27(18-8-3-1-4-9-18)19-10-5-2-6-11-19;27-24-19-13-7-12-18-20(14-15-21(26-24)22(18)19)25-23(16-8-3-1-4-9-16)17-10-5-2-6-11-17;17-10-4-5-11-14-8(10)2-1-3-9(14)16(22)19(11)12-6-7-13(20)18-15(12)21;14-13(11-7-3-1-4-8-11)12-9-5-2-6-10-12;12-8-4-5-9-10-6(8)2-1-3-7(10)11(14)13-9;6-3-1-2-4(8)7-5(3)9;/h1-15,24H,16-17H2,(H,31,33,34);1-15H,(H,26,27);1-5,12H,6-7,17H2,(H,18,20,21);1-10,14H;1-5H,(H,13,14);3H,1-2H2,(H,7,8,9);1H. The van der Waals surface area contributed by atoms with Crippen molar-refractivity contribution in [2.45, 2.75) is 55.4 Å². The number of rotatable bonds is 10. The molecular weight excluding hydrogens is 1690 g/mol. The molecule has 7 heterocycles. The molecule has 0 bridgehead atoms. The van der Waals surface area contributed by atoms with E-state index < -0.39 is 23.9 Å². The Morgan fingerprint density at radius 2 is 0.680 bits per heavy atom. The van der Waals surface area contributed by atoms with Gasteiger partial charge in [-0.2, -0.15) is 0 Å². The topological polar surface area (TPSA) is 312 Å². The van der Waals surface area contributed by atoms with Crippen LogP contribution in [0.3, 0.4) is 0 Å². The van der Waals surface area contributed by atoms with Crippen LogP contribution >= 0.6 is 44.3 Å². The van der Waals surface area contributed by atoms with E-state index in [0.29, 0.717) is 65.1 Å². The summed E-state index contributed by atoms with van der Waals surface area (Å²) in [5.41, 5.74) is 22.2. The second-order valence-electron chi connectivity index (χ2n) is 29.0. The van der Waals surface area contributed by atoms with Gasteiger partial charge in [0.15, 0.2) is 0 Å². The molecule has 14 aromatic carbocycles. The molecule has 3 atom stereocenters. The van der Waals surface area contributed by atoms with Gasteiger partial charge in [0.25, 0.3) is 23.6 Å². The van der Waals surface area contributed by atoms with Crippen LogP contribution in [-0.2, 0) is 28.8 Å². The second-order valence-corrected chi connectivity index (χ2v) is 31.0. The highest BCUT2D eigenvalue weighted by Gasteiger charge is 2.43. The summed E-state index contributed by atoms with van der Waals surface area (Å²) in [7, 11) is 0. The van der Waals surface area contributed by atoms with Gasteiger partial charge in [0.1, 0.15) is 12.1 Å². The summed E-state index contributed by atoms with van der Waals surface area (Å²) < 4.78 is 1.02. The molecule has 0 aliphatic carbocycles. The van der Waals surface area contributed by atoms with E-state index in [1.165, 1.54) is 9.80 Å². The first-order chi connectivity index (χ1) is 58.8. The Labute approximate surface area is 722 Å². The van der Waals surface area contributed by atoms with Gasteiger partial charge in [-0.1, -0.05) is 262 Å². The molecule has 14 aromatic rings. The predicted octanol–water partition coefficient (Wildman–Crippen LogP) is 18.4. The normalized spacial score (nSPS) is 16.0. The number of alkyl halides is 1. The molecule has 21 rings (SSSR count). The third-order valence-corrected chi connectivity index (χ3v) is 23.0. The number of imide groups is 3. The summed E-state index contributed by atoms with van der Waals surface area (Å²) in [6, 6.07) is 96.0. The number of halogens is 3. The van der Waals surface area contributed by atoms with Gasteiger partial charge in [-0.25, -0.2) is 9.98 Å². The SMILES string of the molecule is Cl.N=C(c1ccccc1)c1ccccc1.Nc1ccc2c3c(cccc13)C(=O)N2C1CCC(=O)NC1=O.O=C1CCC(Br)C(=O)N1.O=C1CCC(N2C(=O)c3cccc4c(N=C(c5ccccc5)c5ccccc5)ccc2c34)C(=O)N1.O=C1Nc2ccc(Br)c3cccc1c23.O=C1Nc2ccc(N=C(c3ccccc3)c3ccccc3)c3cccc1c23. The highest BCUT2D eigenvalue weighted by atomic mass is 79.9. The van der Waals surface area contributed by atoms with E-state index in [9.17, 15) is 47.9 Å². The lowest BCUT2D eigenvalue weighted by molar-refractivity contribution is -0.135. The molecule has 0 aromatic heterocycles. The summed E-state index contributed by atoms with van der Waals surface area (Å²) in [5.74, 6) is -2.37. The van der Waals surface area contributed by atoms with Crippen LogP contribution in [0.15, 0.2) is 318 Å². The maximum Gasteiger partial charge on any atom is 0.259 e. The van der Waals surface area contributed by atoms with Gasteiger partial charge >= 0.3 is 0 Å². The van der Waals surface area contributed by atoms with Crippen LogP contribution in [-0.4, -0.2) is 93.1 Å². The molecule has 0 spiro atoms. The lowest BCUT2D eigenvalue weighted by Gasteiger charge is -2.30. The van der Waals surface area contributed by atoms with Crippen molar-refractivity contribution < 1.29 is 47.9 Å². The van der Waals surface area contributed by atoms with Crippen LogP contribution in [0.25, 0.3) is 43.1 Å². The number of aliphatic imine (C=N–C) groups is 2. The third-order valence-electron chi connectivity index (χ3n) is 21.5. The first kappa shape index (κ1) is 82.6. The molecule has 24 heteroatoms. The largest absolute Gasteiger partial charge is 0.398 e. The van der Waals surface area contributed by atoms with Crippen LogP contribution in [0.1, 0.15) is 113 Å². The number of nitrogen functional groups attached to an aromatic ring is 1. The highest BCUT2D eigenvalue weighted by Crippen LogP contribution is 2.46. The van der Waals surface area contributed by atoms with Crippen LogP contribution in [0.2, 0.25) is 0 Å². The minimum absolute atomic E-state index is 0. The van der Waals surface area contributed by atoms with Gasteiger partial charge < -0.3 is 16.4 Å². The molecule has 3 saturated heterocycles. The number of nitrogens with one attached hydrogen (secondary N) is 6. The van der Waals surface area contributed by atoms with Gasteiger partial charge in [-0.15, -0.1) is 12.4 Å². The van der Waals surface area contributed by atoms with Gasteiger partial charge in [0, 0.05) is 123 Å². The van der Waals surface area contributed by atoms with E-state index >= 15 is 0 Å². The first-order valence-electron chi connectivity index (χ1n) is 39.0. The molecule has 10 amide bonds. The van der Waals surface area contributed by atoms with Crippen LogP contribution in [0, 0.1) is 5.41 Å². The number of hydrogen-bond acceptors (Lipinski definition) is 14. The monoisotopic (exact) mass is 1760 g/mol. The lowest BCUT2D eigenvalue weighted by Crippen LogP contribution is -2.53. The van der Waals surface area contributed by atoms with E-state index in [0.717, 1.165) is 121 Å². The molecule has 3 fully saturated rings. The number of hydrogen-bond donors (Lipinski definition) is 7. The molecule has 7 aliphatic heterocycles. The minimum Gasteiger partial charge on any atom is -0.398 e. The Balaban J connectivity index is 0.000000119. The zero-order valence-corrected chi connectivity index (χ0v) is 68.9. The van der Waals surface area contributed by atoms with E-state index in [4.69, 9.17) is 21.1 Å². The number of nitrogens with two attached hydrogens (primary N) is 1. The van der Waals surface area contributed by atoms with Crippen LogP contribution in [0.5, 0.6) is 0 Å². The molecule has 122 heavy (non-hydrogen) atoms. The third kappa shape index (κ3) is 17.0. The molecule has 21 nitrogen and oxygen atoms in total. The van der Waals surface area contributed by atoms with Crippen molar-refractivity contribution in [2.24, 2.45) is 9.98 Å². The fourth-order valence-corrected chi connectivity index (χ4v) is 16.5. The summed E-state index contributed by atoms with van der Waals surface area (Å²) >= 11 is 6.59. The summed E-state index contributed by atoms with van der Waals surface area (Å²) in [4.78, 5) is 132. The summed E-state index contributed by atoms with van der Waals surface area (Å²) in [5, 5.41) is 27.8. The molecule has 3 unspecified atom stereocenters. The zero-order valence-electron chi connectivity index (χ0n) is 65.0. The van der Waals surface area contributed by atoms with Gasteiger partial charge in [0.2, 0.25) is 35.4 Å². The average molecular weight is 1760 g/mol. The van der Waals surface area contributed by atoms with Crippen molar-refractivity contribution in [1.29, 1.82) is 5.41 Å². The van der Waals surface area contributed by atoms with Crippen molar-refractivity contribution in [2.75, 3.05) is 26.2 Å². The Morgan fingerprint density at radius 3 is 1.09 bits per heavy atom. The predicted molar refractivity (Wildman–Crippen MR) is 487 cm³/mol. The zero-order chi connectivity index (χ0) is 84.0. The van der Waals surface area contributed by atoms with Crippen LogP contribution in [0.4, 0.5) is 39.8 Å². The van der Waals surface area contributed by atoms with Gasteiger partial charge in [0.05, 0.1) is 44.7 Å². The molecule has 8 N–H and O–H groups in total. The molecule has 0 saturated carbocycles. The maximum atomic E-state index is 13.4. The Kier molecular flexibility index (Phi) is 24.6. The number of nitrogens with zero attached hydrogens (tertiary/aromatic N) is 4. The maximum absolute atomic E-state index is 13.4. The fourth-order valence-electron chi connectivity index (χ4n) is 15.7. The number of carbonyl (C=O) groups excluding carboxylic acids is 10. The van der Waals surface area contributed by atoms with Gasteiger partial charge in [-0.3, -0.25) is 79.1 Å². The molecule has 0 radical (unpaired) electrons. The number of benzene rings is 14. The van der Waals surface area contributed by atoms with Crippen LogP contribution < -0.4 is 42.1 Å². The van der Waals surface area contributed by atoms with Crippen molar-refractivity contribution >= 4 is 203 Å². The Bertz CT molecular complexity index is 6520. The van der Waals surface area contributed by atoms with E-state index in [1.54, 1.807) is 30.3 Å². The number of amides is 10. The van der Waals surface area contributed by atoms with Crippen molar-refractivity contribution in [3.05, 3.63) is 363 Å². The van der Waals surface area contributed by atoms with E-state index in [2.05, 4.69) is 82.7 Å². The number of piperidine rings is 3. The van der Waals surface area contributed by atoms with Crippen molar-refractivity contribution in [3.63, 3.8) is 0 Å². The van der Waals surface area contributed by atoms with Gasteiger partial charge in [-0.05, 0) is 109 Å². The molecule has 602 valence electrons. The molecule has 7 aliphatic rings. The van der Waals surface area contributed by atoms with E-state index in [1.807, 2.05) is 249 Å². The minimum atomic E-state index is -0.714. The summed E-state index contributed by atoms with van der Waals surface area (Å²) in [6.07, 6.45) is 2.13. The highest BCUT2D eigenvalue weighted by molar-refractivity contribution is 9.10. The first-order valence-corrected chi connectivity index (χ1v) is 40.7. The van der Waals surface area contributed by atoms with Crippen molar-refractivity contribution in [3.8, 4) is 0 Å². The number of anilines is 5. The lowest BCUT2D eigenvalue weighted by atomic mass is 10.0.